The van der Waals surface area contributed by atoms with Crippen LogP contribution < -0.4 is 4.90 Å². The predicted molar refractivity (Wildman–Crippen MR) is 120 cm³/mol. The minimum absolute atomic E-state index is 0.115. The highest BCUT2D eigenvalue weighted by Crippen LogP contribution is 2.38. The van der Waals surface area contributed by atoms with Crippen LogP contribution >= 0.6 is 15.9 Å². The van der Waals surface area contributed by atoms with Crippen molar-refractivity contribution < 1.29 is 9.53 Å². The van der Waals surface area contributed by atoms with Crippen molar-refractivity contribution in [3.8, 4) is 0 Å². The summed E-state index contributed by atoms with van der Waals surface area (Å²) in [5, 5.41) is 0. The first-order valence-electron chi connectivity index (χ1n) is 10.0. The predicted octanol–water partition coefficient (Wildman–Crippen LogP) is 6.54. The Labute approximate surface area is 180 Å². The average molecular weight is 450 g/mol. The number of anilines is 1. The summed E-state index contributed by atoms with van der Waals surface area (Å²) in [6, 6.07) is 26.5. The van der Waals surface area contributed by atoms with Gasteiger partial charge in [0.15, 0.2) is 0 Å². The Morgan fingerprint density at radius 1 is 0.931 bits per heavy atom. The molecule has 1 unspecified atom stereocenters. The first kappa shape index (κ1) is 19.7. The molecule has 1 atom stereocenters. The molecule has 3 aromatic rings. The summed E-state index contributed by atoms with van der Waals surface area (Å²) < 4.78 is 6.67. The molecule has 1 amide bonds. The Kier molecular flexibility index (Phi) is 6.30. The minimum atomic E-state index is -0.278. The summed E-state index contributed by atoms with van der Waals surface area (Å²) in [6.45, 7) is 0.279. The molecule has 3 nitrogen and oxygen atoms in total. The average Bonchev–Trinajstić information content (AvgIpc) is 2.77. The number of benzene rings is 3. The molecule has 0 aromatic heterocycles. The van der Waals surface area contributed by atoms with Crippen LogP contribution in [-0.4, -0.2) is 12.1 Å². The van der Waals surface area contributed by atoms with Gasteiger partial charge in [-0.2, -0.15) is 0 Å². The number of hydrogen-bond acceptors (Lipinski definition) is 2. The summed E-state index contributed by atoms with van der Waals surface area (Å²) >= 11 is 3.66. The van der Waals surface area contributed by atoms with E-state index >= 15 is 0 Å². The molecule has 1 aliphatic heterocycles. The zero-order valence-electron chi connectivity index (χ0n) is 16.3. The minimum Gasteiger partial charge on any atom is -0.444 e. The van der Waals surface area contributed by atoms with Crippen LogP contribution in [0.1, 0.15) is 29.5 Å². The fraction of sp³-hybridized carbons (Fsp3) is 0.240. The van der Waals surface area contributed by atoms with Crippen LogP contribution in [0.15, 0.2) is 83.3 Å². The molecule has 0 fully saturated rings. The summed E-state index contributed by atoms with van der Waals surface area (Å²) in [7, 11) is 0. The first-order chi connectivity index (χ1) is 14.2. The van der Waals surface area contributed by atoms with Gasteiger partial charge in [0, 0.05) is 10.5 Å². The largest absolute Gasteiger partial charge is 0.444 e. The smallest absolute Gasteiger partial charge is 0.414 e. The van der Waals surface area contributed by atoms with Gasteiger partial charge in [-0.3, -0.25) is 4.90 Å². The molecule has 0 N–H and O–H groups in total. The highest BCUT2D eigenvalue weighted by atomic mass is 79.9. The molecule has 0 bridgehead atoms. The molecule has 3 aromatic carbocycles. The quantitative estimate of drug-likeness (QED) is 0.442. The van der Waals surface area contributed by atoms with Crippen LogP contribution in [0, 0.1) is 0 Å². The Morgan fingerprint density at radius 2 is 1.62 bits per heavy atom. The number of aryl methyl sites for hydroxylation is 2. The lowest BCUT2D eigenvalue weighted by molar-refractivity contribution is 0.143. The Morgan fingerprint density at radius 3 is 2.34 bits per heavy atom. The fourth-order valence-electron chi connectivity index (χ4n) is 3.95. The van der Waals surface area contributed by atoms with Crippen LogP contribution in [0.3, 0.4) is 0 Å². The van der Waals surface area contributed by atoms with Gasteiger partial charge in [0.1, 0.15) is 6.61 Å². The zero-order valence-corrected chi connectivity index (χ0v) is 17.8. The van der Waals surface area contributed by atoms with Gasteiger partial charge in [-0.15, -0.1) is 0 Å². The molecule has 0 saturated heterocycles. The Bertz CT molecular complexity index is 959. The highest BCUT2D eigenvalue weighted by Gasteiger charge is 2.33. The molecule has 1 heterocycles. The van der Waals surface area contributed by atoms with Crippen LogP contribution in [0.4, 0.5) is 10.5 Å². The monoisotopic (exact) mass is 449 g/mol. The van der Waals surface area contributed by atoms with E-state index in [1.807, 2.05) is 53.4 Å². The third-order valence-electron chi connectivity index (χ3n) is 5.43. The summed E-state index contributed by atoms with van der Waals surface area (Å²) in [4.78, 5) is 15.1. The highest BCUT2D eigenvalue weighted by molar-refractivity contribution is 9.10. The Hall–Kier alpha value is -2.59. The Balaban J connectivity index is 1.55. The van der Waals surface area contributed by atoms with Crippen molar-refractivity contribution in [1.82, 2.24) is 0 Å². The first-order valence-corrected chi connectivity index (χ1v) is 10.8. The number of nitrogens with zero attached hydrogens (tertiary/aromatic N) is 1. The van der Waals surface area contributed by atoms with Gasteiger partial charge in [0.25, 0.3) is 0 Å². The molecule has 148 valence electrons. The molecule has 0 aliphatic carbocycles. The summed E-state index contributed by atoms with van der Waals surface area (Å²) in [5.74, 6) is 0. The number of fused-ring (bicyclic) bond motifs is 1. The van der Waals surface area contributed by atoms with Gasteiger partial charge in [-0.1, -0.05) is 72.8 Å². The van der Waals surface area contributed by atoms with E-state index in [-0.39, 0.29) is 18.7 Å². The summed E-state index contributed by atoms with van der Waals surface area (Å²) in [6.07, 6.45) is 3.48. The van der Waals surface area contributed by atoms with E-state index in [0.717, 1.165) is 41.4 Å². The number of ether oxygens (including phenoxy) is 1. The number of carbonyl (C=O) groups is 1. The number of carbonyl (C=O) groups excluding carboxylic acids is 1. The van der Waals surface area contributed by atoms with Gasteiger partial charge in [0.2, 0.25) is 0 Å². The number of rotatable bonds is 5. The van der Waals surface area contributed by atoms with E-state index in [1.165, 1.54) is 11.1 Å². The SMILES string of the molecule is O=C(OCc1ccccc1)N1c2c(Br)cccc2CCC1CCc1ccccc1. The second-order valence-corrected chi connectivity index (χ2v) is 8.23. The maximum Gasteiger partial charge on any atom is 0.414 e. The maximum absolute atomic E-state index is 13.2. The van der Waals surface area contributed by atoms with Crippen molar-refractivity contribution in [2.24, 2.45) is 0 Å². The van der Waals surface area contributed by atoms with Crippen molar-refractivity contribution in [3.63, 3.8) is 0 Å². The maximum atomic E-state index is 13.2. The van der Waals surface area contributed by atoms with Crippen molar-refractivity contribution in [1.29, 1.82) is 0 Å². The van der Waals surface area contributed by atoms with Crippen molar-refractivity contribution in [3.05, 3.63) is 100 Å². The van der Waals surface area contributed by atoms with E-state index in [9.17, 15) is 4.79 Å². The normalized spacial score (nSPS) is 15.6. The molecule has 0 saturated carbocycles. The van der Waals surface area contributed by atoms with Crippen LogP contribution in [-0.2, 0) is 24.2 Å². The summed E-state index contributed by atoms with van der Waals surface area (Å²) in [5.41, 5.74) is 4.43. The standard InChI is InChI=1S/C25H24BrNO2/c26-23-13-7-12-21-15-17-22(16-14-19-8-3-1-4-9-19)27(24(21)23)25(28)29-18-20-10-5-2-6-11-20/h1-13,22H,14-18H2. The van der Waals surface area contributed by atoms with E-state index in [2.05, 4.69) is 46.3 Å². The number of amides is 1. The topological polar surface area (TPSA) is 29.5 Å². The van der Waals surface area contributed by atoms with E-state index < -0.39 is 0 Å². The van der Waals surface area contributed by atoms with E-state index in [1.54, 1.807) is 0 Å². The van der Waals surface area contributed by atoms with Gasteiger partial charge in [-0.25, -0.2) is 4.79 Å². The zero-order chi connectivity index (χ0) is 20.1. The van der Waals surface area contributed by atoms with Gasteiger partial charge in [-0.05, 0) is 64.4 Å². The third-order valence-corrected chi connectivity index (χ3v) is 6.07. The molecule has 4 heteroatoms. The lowest BCUT2D eigenvalue weighted by Crippen LogP contribution is -2.44. The lowest BCUT2D eigenvalue weighted by atomic mass is 9.92. The number of halogens is 1. The van der Waals surface area contributed by atoms with Crippen molar-refractivity contribution in [2.75, 3.05) is 4.90 Å². The second-order valence-electron chi connectivity index (χ2n) is 7.37. The molecular formula is C25H24BrNO2. The van der Waals surface area contributed by atoms with Crippen LogP contribution in [0.5, 0.6) is 0 Å². The van der Waals surface area contributed by atoms with Gasteiger partial charge < -0.3 is 4.74 Å². The molecule has 0 spiro atoms. The van der Waals surface area contributed by atoms with Crippen LogP contribution in [0.2, 0.25) is 0 Å². The van der Waals surface area contributed by atoms with Crippen molar-refractivity contribution in [2.45, 2.75) is 38.3 Å². The third kappa shape index (κ3) is 4.70. The molecule has 1 aliphatic rings. The molecule has 0 radical (unpaired) electrons. The van der Waals surface area contributed by atoms with E-state index in [0.29, 0.717) is 0 Å². The number of para-hydroxylation sites is 1. The lowest BCUT2D eigenvalue weighted by Gasteiger charge is -2.37. The molecule has 4 rings (SSSR count). The van der Waals surface area contributed by atoms with Gasteiger partial charge in [0.05, 0.1) is 5.69 Å². The molecule has 29 heavy (non-hydrogen) atoms. The fourth-order valence-corrected chi connectivity index (χ4v) is 4.54. The number of hydrogen-bond donors (Lipinski definition) is 0. The van der Waals surface area contributed by atoms with Crippen molar-refractivity contribution >= 4 is 27.7 Å². The second kappa shape index (κ2) is 9.27. The van der Waals surface area contributed by atoms with Crippen LogP contribution in [0.25, 0.3) is 0 Å². The van der Waals surface area contributed by atoms with Gasteiger partial charge >= 0.3 is 6.09 Å². The molecular weight excluding hydrogens is 426 g/mol. The van der Waals surface area contributed by atoms with E-state index in [4.69, 9.17) is 4.74 Å².